The van der Waals surface area contributed by atoms with Crippen molar-refractivity contribution in [2.24, 2.45) is 0 Å². The summed E-state index contributed by atoms with van der Waals surface area (Å²) in [7, 11) is 1.66. The molecule has 1 aromatic heterocycles. The second kappa shape index (κ2) is 9.01. The standard InChI is InChI=1S/C20H24ClN3O2/c1-26-19-6-7-22-18(14-19)15-23-8-3-9-24(11-10-23)20(25)13-16-4-2-5-17(21)12-16/h2,4-7,12,14H,3,8-11,13,15H2,1H3. The number of carbonyl (C=O) groups is 1. The van der Waals surface area contributed by atoms with Gasteiger partial charge in [0.1, 0.15) is 5.75 Å². The molecule has 2 aromatic rings. The van der Waals surface area contributed by atoms with Gasteiger partial charge in [0.15, 0.2) is 0 Å². The molecule has 1 aliphatic heterocycles. The summed E-state index contributed by atoms with van der Waals surface area (Å²) in [6.45, 7) is 4.11. The zero-order valence-electron chi connectivity index (χ0n) is 15.0. The summed E-state index contributed by atoms with van der Waals surface area (Å²) in [5.41, 5.74) is 1.95. The van der Waals surface area contributed by atoms with Crippen LogP contribution < -0.4 is 4.74 Å². The number of pyridine rings is 1. The van der Waals surface area contributed by atoms with E-state index >= 15 is 0 Å². The van der Waals surface area contributed by atoms with Gasteiger partial charge in [-0.25, -0.2) is 0 Å². The third-order valence-corrected chi connectivity index (χ3v) is 4.83. The molecule has 0 bridgehead atoms. The normalized spacial score (nSPS) is 15.5. The predicted octanol–water partition coefficient (Wildman–Crippen LogP) is 3.02. The summed E-state index contributed by atoms with van der Waals surface area (Å²) in [5, 5.41) is 0.670. The first kappa shape index (κ1) is 18.7. The fraction of sp³-hybridized carbons (Fsp3) is 0.400. The molecule has 1 aromatic carbocycles. The number of nitrogens with zero attached hydrogens (tertiary/aromatic N) is 3. The minimum atomic E-state index is 0.161. The van der Waals surface area contributed by atoms with Gasteiger partial charge in [-0.1, -0.05) is 23.7 Å². The molecule has 1 fully saturated rings. The Morgan fingerprint density at radius 2 is 2.08 bits per heavy atom. The summed E-state index contributed by atoms with van der Waals surface area (Å²) in [4.78, 5) is 21.3. The fourth-order valence-electron chi connectivity index (χ4n) is 3.21. The molecule has 6 heteroatoms. The maximum absolute atomic E-state index is 12.6. The lowest BCUT2D eigenvalue weighted by molar-refractivity contribution is -0.130. The van der Waals surface area contributed by atoms with Crippen molar-refractivity contribution in [1.82, 2.24) is 14.8 Å². The van der Waals surface area contributed by atoms with Gasteiger partial charge in [-0.3, -0.25) is 14.7 Å². The zero-order valence-corrected chi connectivity index (χ0v) is 15.8. The van der Waals surface area contributed by atoms with Gasteiger partial charge in [-0.2, -0.15) is 0 Å². The molecule has 2 heterocycles. The Bertz CT molecular complexity index is 753. The number of benzene rings is 1. The van der Waals surface area contributed by atoms with Crippen LogP contribution in [-0.2, 0) is 17.8 Å². The van der Waals surface area contributed by atoms with Gasteiger partial charge in [0.2, 0.25) is 5.91 Å². The number of halogens is 1. The van der Waals surface area contributed by atoms with E-state index in [2.05, 4.69) is 9.88 Å². The number of methoxy groups -OCH3 is 1. The highest BCUT2D eigenvalue weighted by Gasteiger charge is 2.19. The Morgan fingerprint density at radius 3 is 2.88 bits per heavy atom. The van der Waals surface area contributed by atoms with E-state index < -0.39 is 0 Å². The highest BCUT2D eigenvalue weighted by molar-refractivity contribution is 6.30. The molecule has 3 rings (SSSR count). The van der Waals surface area contributed by atoms with E-state index in [-0.39, 0.29) is 5.91 Å². The molecule has 1 amide bonds. The average Bonchev–Trinajstić information content (AvgIpc) is 2.87. The lowest BCUT2D eigenvalue weighted by Gasteiger charge is -2.22. The van der Waals surface area contributed by atoms with E-state index in [9.17, 15) is 4.79 Å². The second-order valence-electron chi connectivity index (χ2n) is 6.50. The van der Waals surface area contributed by atoms with E-state index in [1.807, 2.05) is 41.3 Å². The van der Waals surface area contributed by atoms with Crippen LogP contribution in [0.25, 0.3) is 0 Å². The monoisotopic (exact) mass is 373 g/mol. The predicted molar refractivity (Wildman–Crippen MR) is 102 cm³/mol. The minimum absolute atomic E-state index is 0.161. The van der Waals surface area contributed by atoms with E-state index in [0.717, 1.165) is 56.2 Å². The van der Waals surface area contributed by atoms with Crippen molar-refractivity contribution in [2.75, 3.05) is 33.3 Å². The molecule has 0 N–H and O–H groups in total. The van der Waals surface area contributed by atoms with E-state index in [0.29, 0.717) is 11.4 Å². The molecule has 0 radical (unpaired) electrons. The maximum atomic E-state index is 12.6. The second-order valence-corrected chi connectivity index (χ2v) is 6.94. The maximum Gasteiger partial charge on any atom is 0.227 e. The highest BCUT2D eigenvalue weighted by Crippen LogP contribution is 2.15. The number of ether oxygens (including phenoxy) is 1. The Hall–Kier alpha value is -2.11. The summed E-state index contributed by atoms with van der Waals surface area (Å²) in [5.74, 6) is 0.983. The van der Waals surface area contributed by atoms with Gasteiger partial charge in [0.25, 0.3) is 0 Å². The highest BCUT2D eigenvalue weighted by atomic mass is 35.5. The van der Waals surface area contributed by atoms with Crippen LogP contribution in [-0.4, -0.2) is 54.0 Å². The van der Waals surface area contributed by atoms with Gasteiger partial charge >= 0.3 is 0 Å². The number of carbonyl (C=O) groups excluding carboxylic acids is 1. The Balaban J connectivity index is 1.54. The van der Waals surface area contributed by atoms with Crippen molar-refractivity contribution in [1.29, 1.82) is 0 Å². The van der Waals surface area contributed by atoms with Gasteiger partial charge < -0.3 is 9.64 Å². The van der Waals surface area contributed by atoms with E-state index in [1.54, 1.807) is 13.3 Å². The SMILES string of the molecule is COc1ccnc(CN2CCCN(C(=O)Cc3cccc(Cl)c3)CC2)c1. The first-order chi connectivity index (χ1) is 12.6. The number of aromatic nitrogens is 1. The number of rotatable bonds is 5. The number of amides is 1. The lowest BCUT2D eigenvalue weighted by atomic mass is 10.1. The van der Waals surface area contributed by atoms with Crippen LogP contribution in [0.3, 0.4) is 0 Å². The number of hydrogen-bond donors (Lipinski definition) is 0. The van der Waals surface area contributed by atoms with Crippen LogP contribution in [0.1, 0.15) is 17.7 Å². The van der Waals surface area contributed by atoms with E-state index in [1.165, 1.54) is 0 Å². The van der Waals surface area contributed by atoms with Crippen LogP contribution in [0.15, 0.2) is 42.6 Å². The first-order valence-corrected chi connectivity index (χ1v) is 9.25. The molecule has 0 unspecified atom stereocenters. The number of hydrogen-bond acceptors (Lipinski definition) is 4. The average molecular weight is 374 g/mol. The molecule has 1 aliphatic rings. The smallest absolute Gasteiger partial charge is 0.227 e. The summed E-state index contributed by atoms with van der Waals surface area (Å²) in [6, 6.07) is 11.3. The molecular weight excluding hydrogens is 350 g/mol. The van der Waals surface area contributed by atoms with Gasteiger partial charge in [0.05, 0.1) is 19.2 Å². The topological polar surface area (TPSA) is 45.7 Å². The molecule has 0 saturated carbocycles. The largest absolute Gasteiger partial charge is 0.497 e. The van der Waals surface area contributed by atoms with Gasteiger partial charge in [0, 0.05) is 50.0 Å². The molecule has 0 atom stereocenters. The Labute approximate surface area is 159 Å². The van der Waals surface area contributed by atoms with Crippen LogP contribution in [0, 0.1) is 0 Å². The molecule has 138 valence electrons. The van der Waals surface area contributed by atoms with Crippen molar-refractivity contribution in [2.45, 2.75) is 19.4 Å². The Morgan fingerprint density at radius 1 is 1.19 bits per heavy atom. The molecule has 1 saturated heterocycles. The van der Waals surface area contributed by atoms with Crippen LogP contribution >= 0.6 is 11.6 Å². The third kappa shape index (κ3) is 5.19. The van der Waals surface area contributed by atoms with E-state index in [4.69, 9.17) is 16.3 Å². The van der Waals surface area contributed by atoms with Crippen molar-refractivity contribution in [3.8, 4) is 5.75 Å². The van der Waals surface area contributed by atoms with Gasteiger partial charge in [-0.15, -0.1) is 0 Å². The Kier molecular flexibility index (Phi) is 6.47. The van der Waals surface area contributed by atoms with Crippen molar-refractivity contribution < 1.29 is 9.53 Å². The summed E-state index contributed by atoms with van der Waals surface area (Å²) >= 11 is 6.01. The quantitative estimate of drug-likeness (QED) is 0.808. The molecule has 0 aliphatic carbocycles. The third-order valence-electron chi connectivity index (χ3n) is 4.59. The van der Waals surface area contributed by atoms with Crippen LogP contribution in [0.2, 0.25) is 5.02 Å². The molecular formula is C20H24ClN3O2. The molecule has 26 heavy (non-hydrogen) atoms. The van der Waals surface area contributed by atoms with Gasteiger partial charge in [-0.05, 0) is 30.2 Å². The zero-order chi connectivity index (χ0) is 18.4. The first-order valence-electron chi connectivity index (χ1n) is 8.87. The van der Waals surface area contributed by atoms with Crippen molar-refractivity contribution in [3.05, 3.63) is 58.9 Å². The summed E-state index contributed by atoms with van der Waals surface area (Å²) < 4.78 is 5.26. The summed E-state index contributed by atoms with van der Waals surface area (Å²) in [6.07, 6.45) is 3.13. The lowest BCUT2D eigenvalue weighted by Crippen LogP contribution is -2.36. The molecule has 5 nitrogen and oxygen atoms in total. The van der Waals surface area contributed by atoms with Crippen molar-refractivity contribution in [3.63, 3.8) is 0 Å². The minimum Gasteiger partial charge on any atom is -0.497 e. The van der Waals surface area contributed by atoms with Crippen LogP contribution in [0.5, 0.6) is 5.75 Å². The molecule has 0 spiro atoms. The fourth-order valence-corrected chi connectivity index (χ4v) is 3.42. The van der Waals surface area contributed by atoms with Crippen molar-refractivity contribution >= 4 is 17.5 Å². The van der Waals surface area contributed by atoms with Crippen LogP contribution in [0.4, 0.5) is 0 Å².